The van der Waals surface area contributed by atoms with Crippen molar-refractivity contribution in [3.63, 3.8) is 0 Å². The number of hydrogen-bond donors (Lipinski definition) is 1. The smallest absolute Gasteiger partial charge is 0.223 e. The molecule has 5 nitrogen and oxygen atoms in total. The van der Waals surface area contributed by atoms with Crippen LogP contribution in [0.25, 0.3) is 0 Å². The van der Waals surface area contributed by atoms with Gasteiger partial charge >= 0.3 is 0 Å². The van der Waals surface area contributed by atoms with Crippen LogP contribution in [0.5, 0.6) is 5.75 Å². The Kier molecular flexibility index (Phi) is 4.35. The van der Waals surface area contributed by atoms with Gasteiger partial charge in [0.1, 0.15) is 11.4 Å². The Bertz CT molecular complexity index is 729. The molecule has 0 atom stereocenters. The summed E-state index contributed by atoms with van der Waals surface area (Å²) in [6.07, 6.45) is 1.20. The highest BCUT2D eigenvalue weighted by Gasteiger charge is 2.31. The largest absolute Gasteiger partial charge is 0.486 e. The SMILES string of the molecule is Cc1n[nH]c(C)c1CCC(=O)N1Cc2ccccc2OC(C)(C)C1. The van der Waals surface area contributed by atoms with Crippen molar-refractivity contribution >= 4 is 5.91 Å². The molecule has 2 heterocycles. The summed E-state index contributed by atoms with van der Waals surface area (Å²) in [6, 6.07) is 7.96. The van der Waals surface area contributed by atoms with Gasteiger partial charge in [0.25, 0.3) is 0 Å². The highest BCUT2D eigenvalue weighted by Crippen LogP contribution is 2.29. The summed E-state index contributed by atoms with van der Waals surface area (Å²) in [5.74, 6) is 1.03. The van der Waals surface area contributed by atoms with Crippen molar-refractivity contribution in [2.75, 3.05) is 6.54 Å². The van der Waals surface area contributed by atoms with Gasteiger partial charge in [-0.15, -0.1) is 0 Å². The Morgan fingerprint density at radius 3 is 2.79 bits per heavy atom. The van der Waals surface area contributed by atoms with Crippen molar-refractivity contribution in [1.29, 1.82) is 0 Å². The molecule has 1 aromatic carbocycles. The summed E-state index contributed by atoms with van der Waals surface area (Å²) < 4.78 is 6.10. The second-order valence-corrected chi connectivity index (χ2v) is 7.13. The average molecular weight is 327 g/mol. The number of ether oxygens (including phenoxy) is 1. The van der Waals surface area contributed by atoms with Gasteiger partial charge in [-0.3, -0.25) is 9.89 Å². The first-order valence-corrected chi connectivity index (χ1v) is 8.41. The van der Waals surface area contributed by atoms with Crippen molar-refractivity contribution in [2.45, 2.75) is 52.7 Å². The standard InChI is InChI=1S/C19H25N3O2/c1-13-16(14(2)21-20-13)9-10-18(23)22-11-15-7-5-6-8-17(15)24-19(3,4)12-22/h5-8H,9-12H2,1-4H3,(H,20,21). The number of para-hydroxylation sites is 1. The summed E-state index contributed by atoms with van der Waals surface area (Å²) >= 11 is 0. The van der Waals surface area contributed by atoms with E-state index in [0.717, 1.165) is 28.3 Å². The number of aryl methyl sites for hydroxylation is 2. The fraction of sp³-hybridized carbons (Fsp3) is 0.474. The Labute approximate surface area is 143 Å². The molecule has 0 radical (unpaired) electrons. The molecule has 2 aromatic rings. The third-order valence-corrected chi connectivity index (χ3v) is 4.51. The number of aromatic amines is 1. The lowest BCUT2D eigenvalue weighted by molar-refractivity contribution is -0.133. The third-order valence-electron chi connectivity index (χ3n) is 4.51. The summed E-state index contributed by atoms with van der Waals surface area (Å²) in [5, 5.41) is 7.19. The number of nitrogens with zero attached hydrogens (tertiary/aromatic N) is 2. The predicted octanol–water partition coefficient (Wildman–Crippen LogP) is 3.16. The second kappa shape index (κ2) is 6.30. The van der Waals surface area contributed by atoms with Gasteiger partial charge in [-0.05, 0) is 45.7 Å². The maximum absolute atomic E-state index is 12.8. The number of aromatic nitrogens is 2. The van der Waals surface area contributed by atoms with E-state index < -0.39 is 5.60 Å². The number of nitrogens with one attached hydrogen (secondary N) is 1. The first-order valence-electron chi connectivity index (χ1n) is 8.41. The molecule has 5 heteroatoms. The molecule has 1 aliphatic rings. The molecule has 0 unspecified atom stereocenters. The summed E-state index contributed by atoms with van der Waals surface area (Å²) in [4.78, 5) is 14.7. The Morgan fingerprint density at radius 1 is 1.33 bits per heavy atom. The number of H-pyrrole nitrogens is 1. The van der Waals surface area contributed by atoms with E-state index in [2.05, 4.69) is 10.2 Å². The highest BCUT2D eigenvalue weighted by molar-refractivity contribution is 5.77. The first kappa shape index (κ1) is 16.6. The third kappa shape index (κ3) is 3.45. The molecule has 0 saturated heterocycles. The number of fused-ring (bicyclic) bond motifs is 1. The number of benzene rings is 1. The number of carbonyl (C=O) groups excluding carboxylic acids is 1. The van der Waals surface area contributed by atoms with Crippen molar-refractivity contribution in [2.24, 2.45) is 0 Å². The van der Waals surface area contributed by atoms with E-state index in [1.807, 2.05) is 56.9 Å². The molecule has 1 N–H and O–H groups in total. The van der Waals surface area contributed by atoms with Crippen LogP contribution in [-0.2, 0) is 17.8 Å². The number of rotatable bonds is 3. The van der Waals surface area contributed by atoms with E-state index in [1.54, 1.807) is 0 Å². The Balaban J connectivity index is 1.74. The van der Waals surface area contributed by atoms with Crippen LogP contribution < -0.4 is 4.74 Å². The molecule has 0 bridgehead atoms. The molecule has 1 aliphatic heterocycles. The zero-order chi connectivity index (χ0) is 17.3. The van der Waals surface area contributed by atoms with Crippen LogP contribution in [0.2, 0.25) is 0 Å². The summed E-state index contributed by atoms with van der Waals surface area (Å²) in [7, 11) is 0. The van der Waals surface area contributed by atoms with Crippen LogP contribution in [0.15, 0.2) is 24.3 Å². The molecule has 1 amide bonds. The van der Waals surface area contributed by atoms with Gasteiger partial charge < -0.3 is 9.64 Å². The lowest BCUT2D eigenvalue weighted by Crippen LogP contribution is -2.43. The summed E-state index contributed by atoms with van der Waals surface area (Å²) in [5.41, 5.74) is 3.83. The maximum Gasteiger partial charge on any atom is 0.223 e. The van der Waals surface area contributed by atoms with Gasteiger partial charge in [-0.1, -0.05) is 18.2 Å². The first-order chi connectivity index (χ1) is 11.4. The molecule has 0 fully saturated rings. The molecule has 0 aliphatic carbocycles. The van der Waals surface area contributed by atoms with E-state index in [9.17, 15) is 4.79 Å². The lowest BCUT2D eigenvalue weighted by Gasteiger charge is -2.29. The lowest BCUT2D eigenvalue weighted by atomic mass is 10.1. The van der Waals surface area contributed by atoms with E-state index in [-0.39, 0.29) is 5.91 Å². The van der Waals surface area contributed by atoms with Crippen LogP contribution in [0, 0.1) is 13.8 Å². The van der Waals surface area contributed by atoms with Crippen LogP contribution in [-0.4, -0.2) is 33.2 Å². The van der Waals surface area contributed by atoms with E-state index >= 15 is 0 Å². The minimum atomic E-state index is -0.399. The van der Waals surface area contributed by atoms with Gasteiger partial charge in [-0.25, -0.2) is 0 Å². The average Bonchev–Trinajstić information content (AvgIpc) is 2.76. The van der Waals surface area contributed by atoms with Crippen LogP contribution in [0.3, 0.4) is 0 Å². The fourth-order valence-electron chi connectivity index (χ4n) is 3.29. The van der Waals surface area contributed by atoms with Crippen molar-refractivity contribution in [1.82, 2.24) is 15.1 Å². The summed E-state index contributed by atoms with van der Waals surface area (Å²) in [6.45, 7) is 9.21. The molecule has 3 rings (SSSR count). The van der Waals surface area contributed by atoms with Gasteiger partial charge in [0.15, 0.2) is 0 Å². The topological polar surface area (TPSA) is 58.2 Å². The van der Waals surface area contributed by atoms with Crippen LogP contribution >= 0.6 is 0 Å². The minimum absolute atomic E-state index is 0.156. The van der Waals surface area contributed by atoms with Crippen molar-refractivity contribution in [3.8, 4) is 5.75 Å². The number of carbonyl (C=O) groups is 1. The maximum atomic E-state index is 12.8. The molecule has 1 aromatic heterocycles. The normalized spacial score (nSPS) is 16.2. The highest BCUT2D eigenvalue weighted by atomic mass is 16.5. The predicted molar refractivity (Wildman–Crippen MR) is 92.9 cm³/mol. The molecule has 0 spiro atoms. The quantitative estimate of drug-likeness (QED) is 0.942. The minimum Gasteiger partial charge on any atom is -0.486 e. The van der Waals surface area contributed by atoms with Gasteiger partial charge in [0.05, 0.1) is 12.2 Å². The van der Waals surface area contributed by atoms with Gasteiger partial charge in [0.2, 0.25) is 5.91 Å². The van der Waals surface area contributed by atoms with E-state index in [4.69, 9.17) is 4.74 Å². The Morgan fingerprint density at radius 2 is 2.08 bits per heavy atom. The molecule has 0 saturated carbocycles. The Hall–Kier alpha value is -2.30. The zero-order valence-corrected chi connectivity index (χ0v) is 14.8. The number of amides is 1. The molecule has 128 valence electrons. The molecular formula is C19H25N3O2. The van der Waals surface area contributed by atoms with Crippen molar-refractivity contribution in [3.05, 3.63) is 46.8 Å². The van der Waals surface area contributed by atoms with E-state index in [0.29, 0.717) is 25.9 Å². The molecular weight excluding hydrogens is 302 g/mol. The zero-order valence-electron chi connectivity index (χ0n) is 14.8. The van der Waals surface area contributed by atoms with Gasteiger partial charge in [0, 0.05) is 24.2 Å². The van der Waals surface area contributed by atoms with Crippen molar-refractivity contribution < 1.29 is 9.53 Å². The van der Waals surface area contributed by atoms with E-state index in [1.165, 1.54) is 0 Å². The van der Waals surface area contributed by atoms with Crippen LogP contribution in [0.4, 0.5) is 0 Å². The number of hydrogen-bond acceptors (Lipinski definition) is 3. The fourth-order valence-corrected chi connectivity index (χ4v) is 3.29. The molecule has 24 heavy (non-hydrogen) atoms. The van der Waals surface area contributed by atoms with Crippen LogP contribution in [0.1, 0.15) is 42.8 Å². The monoisotopic (exact) mass is 327 g/mol. The van der Waals surface area contributed by atoms with Gasteiger partial charge in [-0.2, -0.15) is 5.10 Å². The second-order valence-electron chi connectivity index (χ2n) is 7.13.